The lowest BCUT2D eigenvalue weighted by Crippen LogP contribution is -2.52. The Morgan fingerprint density at radius 2 is 2.14 bits per heavy atom. The third-order valence-corrected chi connectivity index (χ3v) is 6.16. The number of benzene rings is 1. The van der Waals surface area contributed by atoms with Gasteiger partial charge in [-0.05, 0) is 57.1 Å². The van der Waals surface area contributed by atoms with Gasteiger partial charge in [0.2, 0.25) is 0 Å². The second kappa shape index (κ2) is 6.69. The van der Waals surface area contributed by atoms with Gasteiger partial charge in [-0.3, -0.25) is 11.3 Å². The number of nitrogens with one attached hydrogen (secondary N) is 1. The van der Waals surface area contributed by atoms with Crippen LogP contribution in [0.2, 0.25) is 0 Å². The van der Waals surface area contributed by atoms with Crippen LogP contribution in [0.5, 0.6) is 0 Å². The average Bonchev–Trinajstić information content (AvgIpc) is 2.48. The lowest BCUT2D eigenvalue weighted by Gasteiger charge is -2.48. The smallest absolute Gasteiger partial charge is 0.0685 e. The lowest BCUT2D eigenvalue weighted by molar-refractivity contribution is -0.146. The van der Waals surface area contributed by atoms with Crippen molar-refractivity contribution in [3.63, 3.8) is 0 Å². The molecule has 2 atom stereocenters. The molecule has 0 aromatic heterocycles. The molecule has 1 saturated carbocycles. The summed E-state index contributed by atoms with van der Waals surface area (Å²) in [6, 6.07) is 9.11. The highest BCUT2D eigenvalue weighted by atomic mass is 32.2. The zero-order valence-corrected chi connectivity index (χ0v) is 13.6. The minimum absolute atomic E-state index is 0.201. The Balaban J connectivity index is 1.55. The van der Waals surface area contributed by atoms with Crippen LogP contribution in [0, 0.1) is 12.8 Å². The van der Waals surface area contributed by atoms with Crippen LogP contribution in [0.25, 0.3) is 0 Å². The van der Waals surface area contributed by atoms with Crippen molar-refractivity contribution < 1.29 is 4.74 Å². The van der Waals surface area contributed by atoms with Crippen LogP contribution < -0.4 is 11.3 Å². The fourth-order valence-corrected chi connectivity index (χ4v) is 4.54. The third-order valence-electron chi connectivity index (χ3n) is 5.03. The number of aryl methyl sites for hydroxylation is 1. The van der Waals surface area contributed by atoms with Gasteiger partial charge >= 0.3 is 0 Å². The molecule has 0 bridgehead atoms. The maximum Gasteiger partial charge on any atom is 0.0685 e. The first-order chi connectivity index (χ1) is 10.2. The van der Waals surface area contributed by atoms with E-state index in [0.29, 0.717) is 12.0 Å². The quantitative estimate of drug-likeness (QED) is 0.498. The molecule has 2 unspecified atom stereocenters. The highest BCUT2D eigenvalue weighted by Crippen LogP contribution is 2.45. The molecule has 1 heterocycles. The minimum Gasteiger partial charge on any atom is -0.375 e. The van der Waals surface area contributed by atoms with Gasteiger partial charge in [0, 0.05) is 23.3 Å². The van der Waals surface area contributed by atoms with Gasteiger partial charge in [0.15, 0.2) is 0 Å². The van der Waals surface area contributed by atoms with Crippen LogP contribution >= 0.6 is 11.8 Å². The predicted molar refractivity (Wildman–Crippen MR) is 88.3 cm³/mol. The largest absolute Gasteiger partial charge is 0.375 e. The molecule has 1 aromatic carbocycles. The van der Waals surface area contributed by atoms with E-state index in [1.807, 2.05) is 11.8 Å². The zero-order chi connectivity index (χ0) is 14.7. The molecule has 1 aliphatic carbocycles. The molecule has 116 valence electrons. The first kappa shape index (κ1) is 15.3. The van der Waals surface area contributed by atoms with E-state index in [0.717, 1.165) is 18.8 Å². The second-order valence-corrected chi connectivity index (χ2v) is 7.63. The highest BCUT2D eigenvalue weighted by Gasteiger charge is 2.44. The number of thioether (sulfide) groups is 1. The Bertz CT molecular complexity index is 458. The van der Waals surface area contributed by atoms with Gasteiger partial charge in [-0.15, -0.1) is 11.8 Å². The minimum atomic E-state index is 0.201. The second-order valence-electron chi connectivity index (χ2n) is 6.54. The fraction of sp³-hybridized carbons (Fsp3) is 0.647. The number of nitrogens with two attached hydrogens (primary N) is 1. The summed E-state index contributed by atoms with van der Waals surface area (Å²) in [4.78, 5) is 1.33. The van der Waals surface area contributed by atoms with Gasteiger partial charge in [-0.1, -0.05) is 17.7 Å². The molecule has 1 saturated heterocycles. The van der Waals surface area contributed by atoms with Crippen molar-refractivity contribution >= 4 is 11.8 Å². The van der Waals surface area contributed by atoms with Crippen molar-refractivity contribution in [1.29, 1.82) is 0 Å². The summed E-state index contributed by atoms with van der Waals surface area (Å²) in [5, 5.41) is 0. The van der Waals surface area contributed by atoms with E-state index >= 15 is 0 Å². The summed E-state index contributed by atoms with van der Waals surface area (Å²) in [7, 11) is 0. The summed E-state index contributed by atoms with van der Waals surface area (Å²) in [6.45, 7) is 3.02. The van der Waals surface area contributed by atoms with Gasteiger partial charge in [-0.2, -0.15) is 0 Å². The van der Waals surface area contributed by atoms with E-state index in [2.05, 4.69) is 36.6 Å². The van der Waals surface area contributed by atoms with Crippen LogP contribution in [0.4, 0.5) is 0 Å². The molecule has 3 nitrogen and oxygen atoms in total. The molecular weight excluding hydrogens is 280 g/mol. The van der Waals surface area contributed by atoms with Crippen molar-refractivity contribution in [3.05, 3.63) is 29.8 Å². The van der Waals surface area contributed by atoms with Crippen LogP contribution in [0.3, 0.4) is 0 Å². The van der Waals surface area contributed by atoms with Crippen LogP contribution in [-0.4, -0.2) is 24.0 Å². The number of hydrogen-bond acceptors (Lipinski definition) is 4. The van der Waals surface area contributed by atoms with Gasteiger partial charge in [-0.25, -0.2) is 0 Å². The average molecular weight is 306 g/mol. The Morgan fingerprint density at radius 3 is 2.76 bits per heavy atom. The predicted octanol–water partition coefficient (Wildman–Crippen LogP) is 3.27. The van der Waals surface area contributed by atoms with E-state index in [1.165, 1.54) is 36.1 Å². The molecule has 0 amide bonds. The molecular formula is C17H26N2OS. The van der Waals surface area contributed by atoms with E-state index in [4.69, 9.17) is 10.6 Å². The molecule has 1 spiro atoms. The molecule has 2 aliphatic rings. The standard InChI is InChI=1S/C17H26N2OS/c1-13-3-5-15(6-4-13)21-12-16(19-18)14-7-10-20-17(11-14)8-2-9-17/h3-6,14,16,19H,2,7-12,18H2,1H3. The lowest BCUT2D eigenvalue weighted by atomic mass is 9.70. The number of rotatable bonds is 5. The molecule has 3 N–H and O–H groups in total. The Labute approximate surface area is 132 Å². The van der Waals surface area contributed by atoms with Gasteiger partial charge in [0.25, 0.3) is 0 Å². The topological polar surface area (TPSA) is 47.3 Å². The summed E-state index contributed by atoms with van der Waals surface area (Å²) in [5.41, 5.74) is 4.57. The molecule has 21 heavy (non-hydrogen) atoms. The van der Waals surface area contributed by atoms with Crippen molar-refractivity contribution in [1.82, 2.24) is 5.43 Å². The van der Waals surface area contributed by atoms with Crippen LogP contribution in [0.1, 0.15) is 37.7 Å². The molecule has 1 aromatic rings. The Kier molecular flexibility index (Phi) is 4.89. The van der Waals surface area contributed by atoms with Crippen molar-refractivity contribution in [2.45, 2.75) is 55.6 Å². The Morgan fingerprint density at radius 1 is 1.38 bits per heavy atom. The van der Waals surface area contributed by atoms with Gasteiger partial charge in [0.1, 0.15) is 0 Å². The summed E-state index contributed by atoms with van der Waals surface area (Å²) in [6.07, 6.45) is 6.12. The fourth-order valence-electron chi connectivity index (χ4n) is 3.47. The number of ether oxygens (including phenoxy) is 1. The summed E-state index contributed by atoms with van der Waals surface area (Å²) in [5.74, 6) is 7.50. The van der Waals surface area contributed by atoms with Crippen LogP contribution in [0.15, 0.2) is 29.2 Å². The SMILES string of the molecule is Cc1ccc(SCC(NN)C2CCOC3(CCC3)C2)cc1. The maximum absolute atomic E-state index is 6.03. The monoisotopic (exact) mass is 306 g/mol. The van der Waals surface area contributed by atoms with Gasteiger partial charge < -0.3 is 4.74 Å². The zero-order valence-electron chi connectivity index (χ0n) is 12.8. The van der Waals surface area contributed by atoms with E-state index in [-0.39, 0.29) is 5.60 Å². The summed E-state index contributed by atoms with van der Waals surface area (Å²) >= 11 is 1.90. The first-order valence-corrected chi connectivity index (χ1v) is 8.99. The molecule has 2 fully saturated rings. The summed E-state index contributed by atoms with van der Waals surface area (Å²) < 4.78 is 6.03. The maximum atomic E-state index is 6.03. The van der Waals surface area contributed by atoms with E-state index in [1.54, 1.807) is 0 Å². The Hall–Kier alpha value is -0.550. The van der Waals surface area contributed by atoms with E-state index < -0.39 is 0 Å². The molecule has 1 aliphatic heterocycles. The molecule has 0 radical (unpaired) electrons. The van der Waals surface area contributed by atoms with E-state index in [9.17, 15) is 0 Å². The number of hydrogen-bond donors (Lipinski definition) is 2. The molecule has 3 rings (SSSR count). The van der Waals surface area contributed by atoms with Crippen LogP contribution in [-0.2, 0) is 4.74 Å². The van der Waals surface area contributed by atoms with Gasteiger partial charge in [0.05, 0.1) is 5.60 Å². The normalized spacial score (nSPS) is 25.5. The molecule has 4 heteroatoms. The van der Waals surface area contributed by atoms with Crippen molar-refractivity contribution in [3.8, 4) is 0 Å². The highest BCUT2D eigenvalue weighted by molar-refractivity contribution is 7.99. The number of hydrazine groups is 1. The van der Waals surface area contributed by atoms with Crippen molar-refractivity contribution in [2.24, 2.45) is 11.8 Å². The third kappa shape index (κ3) is 3.62. The van der Waals surface area contributed by atoms with Crippen molar-refractivity contribution in [2.75, 3.05) is 12.4 Å². The first-order valence-electron chi connectivity index (χ1n) is 8.00.